The molecular formula is C16H19N3O3S. The third-order valence-electron chi connectivity index (χ3n) is 3.79. The maximum absolute atomic E-state index is 12.4. The molecule has 0 atom stereocenters. The highest BCUT2D eigenvalue weighted by Gasteiger charge is 2.17. The van der Waals surface area contributed by atoms with Crippen LogP contribution in [0.5, 0.6) is 0 Å². The lowest BCUT2D eigenvalue weighted by Gasteiger charge is -2.12. The summed E-state index contributed by atoms with van der Waals surface area (Å²) in [4.78, 5) is 16.4. The van der Waals surface area contributed by atoms with Gasteiger partial charge in [0.25, 0.3) is 5.91 Å². The average Bonchev–Trinajstić information content (AvgIpc) is 2.47. The normalized spacial score (nSPS) is 11.3. The van der Waals surface area contributed by atoms with Gasteiger partial charge in [-0.3, -0.25) is 9.78 Å². The monoisotopic (exact) mass is 333 g/mol. The summed E-state index contributed by atoms with van der Waals surface area (Å²) in [5.74, 6) is -0.340. The van der Waals surface area contributed by atoms with E-state index in [1.54, 1.807) is 26.2 Å². The minimum Gasteiger partial charge on any atom is -0.348 e. The molecule has 122 valence electrons. The fraction of sp³-hybridized carbons (Fsp3) is 0.250. The fourth-order valence-corrected chi connectivity index (χ4v) is 2.82. The average molecular weight is 333 g/mol. The first-order valence-electron chi connectivity index (χ1n) is 7.02. The van der Waals surface area contributed by atoms with E-state index in [0.29, 0.717) is 17.7 Å². The first kappa shape index (κ1) is 17.1. The number of hydrogen-bond acceptors (Lipinski definition) is 4. The predicted octanol–water partition coefficient (Wildman–Crippen LogP) is 1.58. The number of carbonyl (C=O) groups excluding carboxylic acids is 1. The number of nitrogens with two attached hydrogens (primary N) is 1. The van der Waals surface area contributed by atoms with Gasteiger partial charge < -0.3 is 5.32 Å². The molecule has 1 heterocycles. The van der Waals surface area contributed by atoms with Crippen molar-refractivity contribution in [3.05, 3.63) is 58.4 Å². The van der Waals surface area contributed by atoms with Crippen LogP contribution < -0.4 is 10.5 Å². The van der Waals surface area contributed by atoms with Crippen molar-refractivity contribution in [1.82, 2.24) is 10.3 Å². The Kier molecular flexibility index (Phi) is 4.82. The SMILES string of the molecule is Cc1cnccc1CNC(=O)c1cc(S(N)(=O)=O)cc(C)c1C. The standard InChI is InChI=1S/C16H19N3O3S/c1-10-6-14(23(17,21)22)7-15(12(10)3)16(20)19-9-13-4-5-18-8-11(13)2/h4-8H,9H2,1-3H3,(H,19,20)(H2,17,21,22). The zero-order valence-electron chi connectivity index (χ0n) is 13.3. The number of rotatable bonds is 4. The highest BCUT2D eigenvalue weighted by Crippen LogP contribution is 2.19. The van der Waals surface area contributed by atoms with Crippen molar-refractivity contribution in [2.75, 3.05) is 0 Å². The zero-order valence-corrected chi connectivity index (χ0v) is 14.1. The quantitative estimate of drug-likeness (QED) is 0.887. The summed E-state index contributed by atoms with van der Waals surface area (Å²) in [6.45, 7) is 5.76. The minimum atomic E-state index is -3.86. The Morgan fingerprint density at radius 1 is 1.22 bits per heavy atom. The highest BCUT2D eigenvalue weighted by molar-refractivity contribution is 7.89. The van der Waals surface area contributed by atoms with E-state index >= 15 is 0 Å². The summed E-state index contributed by atoms with van der Waals surface area (Å²) in [6, 6.07) is 4.61. The van der Waals surface area contributed by atoms with Gasteiger partial charge in [-0.15, -0.1) is 0 Å². The summed E-state index contributed by atoms with van der Waals surface area (Å²) in [7, 11) is -3.86. The lowest BCUT2D eigenvalue weighted by atomic mass is 10.0. The van der Waals surface area contributed by atoms with Gasteiger partial charge >= 0.3 is 0 Å². The van der Waals surface area contributed by atoms with Crippen LogP contribution >= 0.6 is 0 Å². The largest absolute Gasteiger partial charge is 0.348 e. The van der Waals surface area contributed by atoms with E-state index in [1.807, 2.05) is 13.0 Å². The first-order valence-corrected chi connectivity index (χ1v) is 8.56. The van der Waals surface area contributed by atoms with E-state index in [1.165, 1.54) is 12.1 Å². The molecule has 2 aromatic rings. The van der Waals surface area contributed by atoms with Crippen molar-refractivity contribution in [2.24, 2.45) is 5.14 Å². The second-order valence-electron chi connectivity index (χ2n) is 5.44. The molecule has 0 aliphatic heterocycles. The Morgan fingerprint density at radius 2 is 1.91 bits per heavy atom. The third-order valence-corrected chi connectivity index (χ3v) is 4.68. The number of benzene rings is 1. The van der Waals surface area contributed by atoms with E-state index < -0.39 is 10.0 Å². The molecule has 0 saturated heterocycles. The molecule has 1 aromatic heterocycles. The minimum absolute atomic E-state index is 0.0640. The van der Waals surface area contributed by atoms with Crippen molar-refractivity contribution in [2.45, 2.75) is 32.2 Å². The summed E-state index contributed by atoms with van der Waals surface area (Å²) in [6.07, 6.45) is 3.38. The lowest BCUT2D eigenvalue weighted by Crippen LogP contribution is -2.25. The van der Waals surface area contributed by atoms with Gasteiger partial charge in [-0.05, 0) is 61.2 Å². The molecule has 0 aliphatic carbocycles. The van der Waals surface area contributed by atoms with Crippen LogP contribution in [0.2, 0.25) is 0 Å². The maximum atomic E-state index is 12.4. The Bertz CT molecular complexity index is 861. The van der Waals surface area contributed by atoms with E-state index in [-0.39, 0.29) is 10.8 Å². The van der Waals surface area contributed by atoms with Crippen LogP contribution in [0.4, 0.5) is 0 Å². The summed E-state index contributed by atoms with van der Waals surface area (Å²) in [5, 5.41) is 7.96. The topological polar surface area (TPSA) is 102 Å². The number of amides is 1. The molecule has 1 amide bonds. The van der Waals surface area contributed by atoms with Gasteiger partial charge in [0.2, 0.25) is 10.0 Å². The van der Waals surface area contributed by atoms with Crippen molar-refractivity contribution in [3.63, 3.8) is 0 Å². The number of nitrogens with one attached hydrogen (secondary N) is 1. The van der Waals surface area contributed by atoms with Gasteiger partial charge in [0.05, 0.1) is 4.90 Å². The molecule has 0 saturated carbocycles. The van der Waals surface area contributed by atoms with Crippen LogP contribution in [0.25, 0.3) is 0 Å². The third kappa shape index (κ3) is 3.94. The molecule has 0 spiro atoms. The van der Waals surface area contributed by atoms with E-state index in [0.717, 1.165) is 16.7 Å². The highest BCUT2D eigenvalue weighted by atomic mass is 32.2. The van der Waals surface area contributed by atoms with Gasteiger partial charge in [0.1, 0.15) is 0 Å². The number of aryl methyl sites for hydroxylation is 2. The van der Waals surface area contributed by atoms with Gasteiger partial charge in [-0.25, -0.2) is 13.6 Å². The van der Waals surface area contributed by atoms with Crippen LogP contribution in [0.15, 0.2) is 35.5 Å². The number of primary sulfonamides is 1. The van der Waals surface area contributed by atoms with Crippen LogP contribution in [-0.2, 0) is 16.6 Å². The molecule has 23 heavy (non-hydrogen) atoms. The second kappa shape index (κ2) is 6.47. The molecule has 0 unspecified atom stereocenters. The first-order chi connectivity index (χ1) is 10.7. The van der Waals surface area contributed by atoms with E-state index in [9.17, 15) is 13.2 Å². The molecule has 6 nitrogen and oxygen atoms in total. The van der Waals surface area contributed by atoms with E-state index in [4.69, 9.17) is 5.14 Å². The van der Waals surface area contributed by atoms with E-state index in [2.05, 4.69) is 10.3 Å². The fourth-order valence-electron chi connectivity index (χ4n) is 2.20. The van der Waals surface area contributed by atoms with Crippen LogP contribution in [-0.4, -0.2) is 19.3 Å². The number of hydrogen-bond donors (Lipinski definition) is 2. The molecular weight excluding hydrogens is 314 g/mol. The Hall–Kier alpha value is -2.25. The van der Waals surface area contributed by atoms with Crippen LogP contribution in [0, 0.1) is 20.8 Å². The predicted molar refractivity (Wildman–Crippen MR) is 87.4 cm³/mol. The van der Waals surface area contributed by atoms with Crippen molar-refractivity contribution in [1.29, 1.82) is 0 Å². The second-order valence-corrected chi connectivity index (χ2v) is 7.00. The number of pyridine rings is 1. The molecule has 2 rings (SSSR count). The van der Waals surface area contributed by atoms with Crippen LogP contribution in [0.1, 0.15) is 32.6 Å². The number of carbonyl (C=O) groups is 1. The molecule has 0 fully saturated rings. The summed E-state index contributed by atoms with van der Waals surface area (Å²) < 4.78 is 23.1. The van der Waals surface area contributed by atoms with Crippen molar-refractivity contribution in [3.8, 4) is 0 Å². The maximum Gasteiger partial charge on any atom is 0.251 e. The summed E-state index contributed by atoms with van der Waals surface area (Å²) in [5.41, 5.74) is 3.65. The van der Waals surface area contributed by atoms with Gasteiger partial charge in [0, 0.05) is 24.5 Å². The molecule has 7 heteroatoms. The Balaban J connectivity index is 2.29. The van der Waals surface area contributed by atoms with Crippen molar-refractivity contribution >= 4 is 15.9 Å². The summed E-state index contributed by atoms with van der Waals surface area (Å²) >= 11 is 0. The number of sulfonamides is 1. The Labute approximate surface area is 135 Å². The number of nitrogens with zero attached hydrogens (tertiary/aromatic N) is 1. The molecule has 0 radical (unpaired) electrons. The molecule has 0 bridgehead atoms. The molecule has 0 aliphatic rings. The molecule has 1 aromatic carbocycles. The van der Waals surface area contributed by atoms with Crippen LogP contribution in [0.3, 0.4) is 0 Å². The van der Waals surface area contributed by atoms with Gasteiger partial charge in [-0.2, -0.15) is 0 Å². The Morgan fingerprint density at radius 3 is 2.52 bits per heavy atom. The lowest BCUT2D eigenvalue weighted by molar-refractivity contribution is 0.0950. The van der Waals surface area contributed by atoms with Crippen molar-refractivity contribution < 1.29 is 13.2 Å². The van der Waals surface area contributed by atoms with Gasteiger partial charge in [0.15, 0.2) is 0 Å². The smallest absolute Gasteiger partial charge is 0.251 e. The van der Waals surface area contributed by atoms with Gasteiger partial charge in [-0.1, -0.05) is 0 Å². The molecule has 3 N–H and O–H groups in total. The number of aromatic nitrogens is 1. The zero-order chi connectivity index (χ0) is 17.2.